The van der Waals surface area contributed by atoms with E-state index in [2.05, 4.69) is 10.6 Å². The average molecular weight is 348 g/mol. The van der Waals surface area contributed by atoms with Gasteiger partial charge in [0.1, 0.15) is 11.6 Å². The maximum Gasteiger partial charge on any atom is 0.331 e. The summed E-state index contributed by atoms with van der Waals surface area (Å²) in [5.41, 5.74) is -0.263. The lowest BCUT2D eigenvalue weighted by Crippen LogP contribution is -2.52. The van der Waals surface area contributed by atoms with E-state index in [0.29, 0.717) is 30.7 Å². The lowest BCUT2D eigenvalue weighted by Gasteiger charge is -2.26. The number of methoxy groups -OCH3 is 1. The topological polar surface area (TPSA) is 93.7 Å². The van der Waals surface area contributed by atoms with Gasteiger partial charge in [-0.3, -0.25) is 9.59 Å². The van der Waals surface area contributed by atoms with E-state index in [1.807, 2.05) is 0 Å². The van der Waals surface area contributed by atoms with Crippen molar-refractivity contribution in [3.05, 3.63) is 29.8 Å². The Morgan fingerprint density at radius 1 is 1.36 bits per heavy atom. The predicted molar refractivity (Wildman–Crippen MR) is 92.2 cm³/mol. The minimum atomic E-state index is -1.11. The third kappa shape index (κ3) is 4.57. The Balaban J connectivity index is 2.08. The van der Waals surface area contributed by atoms with Crippen molar-refractivity contribution in [1.82, 2.24) is 5.32 Å². The first-order valence-corrected chi connectivity index (χ1v) is 8.33. The molecule has 0 aliphatic carbocycles. The highest BCUT2D eigenvalue weighted by Crippen LogP contribution is 2.18. The molecule has 1 aliphatic heterocycles. The number of anilines is 1. The summed E-state index contributed by atoms with van der Waals surface area (Å²) in [6.45, 7) is 3.99. The van der Waals surface area contributed by atoms with Gasteiger partial charge in [0.2, 0.25) is 0 Å². The fourth-order valence-corrected chi connectivity index (χ4v) is 2.58. The van der Waals surface area contributed by atoms with E-state index in [0.717, 1.165) is 6.42 Å². The largest absolute Gasteiger partial charge is 0.467 e. The first-order valence-electron chi connectivity index (χ1n) is 8.33. The molecule has 0 saturated carbocycles. The van der Waals surface area contributed by atoms with Gasteiger partial charge in [-0.2, -0.15) is 0 Å². The summed E-state index contributed by atoms with van der Waals surface area (Å²) in [5.74, 6) is -1.14. The third-order valence-corrected chi connectivity index (χ3v) is 4.35. The number of hydrogen-bond donors (Lipinski definition) is 2. The molecule has 25 heavy (non-hydrogen) atoms. The van der Waals surface area contributed by atoms with Crippen LogP contribution in [0.15, 0.2) is 24.3 Å². The summed E-state index contributed by atoms with van der Waals surface area (Å²) in [7, 11) is 1.28. The van der Waals surface area contributed by atoms with E-state index in [1.165, 1.54) is 7.11 Å². The van der Waals surface area contributed by atoms with Gasteiger partial charge in [-0.25, -0.2) is 4.79 Å². The maximum absolute atomic E-state index is 12.5. The van der Waals surface area contributed by atoms with Gasteiger partial charge in [0.15, 0.2) is 0 Å². The molecule has 7 nitrogen and oxygen atoms in total. The van der Waals surface area contributed by atoms with Crippen LogP contribution in [0.3, 0.4) is 0 Å². The van der Waals surface area contributed by atoms with Crippen LogP contribution in [0.25, 0.3) is 0 Å². The molecule has 1 saturated heterocycles. The van der Waals surface area contributed by atoms with Crippen LogP contribution in [-0.4, -0.2) is 43.1 Å². The SMILES string of the molecule is CCC(C)(NC(=O)c1cccc(NC(=O)C2CCCO2)c1)C(=O)OC. The highest BCUT2D eigenvalue weighted by Gasteiger charge is 2.34. The van der Waals surface area contributed by atoms with Gasteiger partial charge in [-0.05, 0) is 44.4 Å². The van der Waals surface area contributed by atoms with Crippen LogP contribution in [0.4, 0.5) is 5.69 Å². The van der Waals surface area contributed by atoms with Crippen molar-refractivity contribution in [3.63, 3.8) is 0 Å². The molecule has 136 valence electrons. The molecular weight excluding hydrogens is 324 g/mol. The monoisotopic (exact) mass is 348 g/mol. The fourth-order valence-electron chi connectivity index (χ4n) is 2.58. The summed E-state index contributed by atoms with van der Waals surface area (Å²) in [5, 5.41) is 5.45. The van der Waals surface area contributed by atoms with Crippen molar-refractivity contribution < 1.29 is 23.9 Å². The molecule has 2 rings (SSSR count). The molecule has 2 N–H and O–H groups in total. The average Bonchev–Trinajstić information content (AvgIpc) is 3.15. The van der Waals surface area contributed by atoms with Gasteiger partial charge in [-0.15, -0.1) is 0 Å². The zero-order chi connectivity index (χ0) is 18.4. The molecule has 1 heterocycles. The molecule has 2 unspecified atom stereocenters. The third-order valence-electron chi connectivity index (χ3n) is 4.35. The van der Waals surface area contributed by atoms with Crippen LogP contribution in [0.5, 0.6) is 0 Å². The number of carbonyl (C=O) groups excluding carboxylic acids is 3. The summed E-state index contributed by atoms with van der Waals surface area (Å²) in [6, 6.07) is 6.55. The summed E-state index contributed by atoms with van der Waals surface area (Å²) >= 11 is 0. The number of benzene rings is 1. The summed E-state index contributed by atoms with van der Waals surface area (Å²) in [6.07, 6.45) is 1.50. The minimum Gasteiger partial charge on any atom is -0.467 e. The molecule has 2 amide bonds. The van der Waals surface area contributed by atoms with Crippen LogP contribution >= 0.6 is 0 Å². The van der Waals surface area contributed by atoms with Crippen molar-refractivity contribution in [3.8, 4) is 0 Å². The molecule has 2 atom stereocenters. The van der Waals surface area contributed by atoms with Gasteiger partial charge in [0.05, 0.1) is 7.11 Å². The Hall–Kier alpha value is -2.41. The molecule has 0 spiro atoms. The highest BCUT2D eigenvalue weighted by molar-refractivity contribution is 6.00. The van der Waals surface area contributed by atoms with Gasteiger partial charge in [0.25, 0.3) is 11.8 Å². The molecule has 0 radical (unpaired) electrons. The van der Waals surface area contributed by atoms with E-state index in [4.69, 9.17) is 9.47 Å². The fraction of sp³-hybridized carbons (Fsp3) is 0.500. The quantitative estimate of drug-likeness (QED) is 0.766. The van der Waals surface area contributed by atoms with Crippen molar-refractivity contribution in [2.75, 3.05) is 19.0 Å². The molecule has 7 heteroatoms. The van der Waals surface area contributed by atoms with Crippen molar-refractivity contribution in [1.29, 1.82) is 0 Å². The molecule has 1 aromatic rings. The highest BCUT2D eigenvalue weighted by atomic mass is 16.5. The second-order valence-electron chi connectivity index (χ2n) is 6.20. The zero-order valence-corrected chi connectivity index (χ0v) is 14.8. The second-order valence-corrected chi connectivity index (χ2v) is 6.20. The smallest absolute Gasteiger partial charge is 0.331 e. The molecule has 0 aromatic heterocycles. The normalized spacial score (nSPS) is 18.9. The lowest BCUT2D eigenvalue weighted by atomic mass is 9.98. The number of esters is 1. The summed E-state index contributed by atoms with van der Waals surface area (Å²) in [4.78, 5) is 36.5. The molecule has 0 bridgehead atoms. The van der Waals surface area contributed by atoms with E-state index in [9.17, 15) is 14.4 Å². The van der Waals surface area contributed by atoms with E-state index >= 15 is 0 Å². The van der Waals surface area contributed by atoms with Crippen LogP contribution in [0.1, 0.15) is 43.5 Å². The maximum atomic E-state index is 12.5. The van der Waals surface area contributed by atoms with Crippen molar-refractivity contribution in [2.45, 2.75) is 44.8 Å². The number of carbonyl (C=O) groups is 3. The standard InChI is InChI=1S/C18H24N2O5/c1-4-18(2,17(23)24-3)20-15(21)12-7-5-8-13(11-12)19-16(22)14-9-6-10-25-14/h5,7-8,11,14H,4,6,9-10H2,1-3H3,(H,19,22)(H,20,21). The van der Waals surface area contributed by atoms with Crippen LogP contribution in [0.2, 0.25) is 0 Å². The number of rotatable bonds is 6. The Labute approximate surface area is 147 Å². The van der Waals surface area contributed by atoms with Gasteiger partial charge in [-0.1, -0.05) is 13.0 Å². The van der Waals surface area contributed by atoms with Gasteiger partial charge < -0.3 is 20.1 Å². The van der Waals surface area contributed by atoms with Crippen LogP contribution < -0.4 is 10.6 Å². The van der Waals surface area contributed by atoms with Gasteiger partial charge in [0, 0.05) is 17.9 Å². The van der Waals surface area contributed by atoms with Crippen molar-refractivity contribution >= 4 is 23.5 Å². The second kappa shape index (κ2) is 8.11. The van der Waals surface area contributed by atoms with E-state index < -0.39 is 23.5 Å². The van der Waals surface area contributed by atoms with E-state index in [-0.39, 0.29) is 5.91 Å². The van der Waals surface area contributed by atoms with E-state index in [1.54, 1.807) is 38.1 Å². The Bertz CT molecular complexity index is 655. The van der Waals surface area contributed by atoms with Crippen LogP contribution in [-0.2, 0) is 19.1 Å². The number of hydrogen-bond acceptors (Lipinski definition) is 5. The lowest BCUT2D eigenvalue weighted by molar-refractivity contribution is -0.147. The molecular formula is C18H24N2O5. The number of amides is 2. The number of nitrogens with one attached hydrogen (secondary N) is 2. The van der Waals surface area contributed by atoms with Gasteiger partial charge >= 0.3 is 5.97 Å². The number of ether oxygens (including phenoxy) is 2. The molecule has 1 aliphatic rings. The zero-order valence-electron chi connectivity index (χ0n) is 14.8. The molecule has 1 fully saturated rings. The van der Waals surface area contributed by atoms with Crippen LogP contribution in [0, 0.1) is 0 Å². The van der Waals surface area contributed by atoms with Crippen molar-refractivity contribution in [2.24, 2.45) is 0 Å². The Morgan fingerprint density at radius 2 is 2.12 bits per heavy atom. The molecule has 1 aromatic carbocycles. The first-order chi connectivity index (χ1) is 11.9. The Morgan fingerprint density at radius 3 is 2.72 bits per heavy atom. The Kier molecular flexibility index (Phi) is 6.14. The summed E-state index contributed by atoms with van der Waals surface area (Å²) < 4.78 is 10.1. The minimum absolute atomic E-state index is 0.219. The first kappa shape index (κ1) is 18.9. The predicted octanol–water partition coefficient (Wildman–Crippen LogP) is 1.88.